The second kappa shape index (κ2) is 7.43. The molecule has 2 saturated heterocycles. The van der Waals surface area contributed by atoms with E-state index in [1.807, 2.05) is 18.2 Å². The Morgan fingerprint density at radius 2 is 2.08 bits per heavy atom. The largest absolute Gasteiger partial charge is 0.360 e. The fraction of sp³-hybridized carbons (Fsp3) is 0.632. The Balaban J connectivity index is 1.67. The molecule has 0 radical (unpaired) electrons. The molecule has 5 atom stereocenters. The van der Waals surface area contributed by atoms with Crippen LogP contribution in [-0.4, -0.2) is 29.0 Å². The molecule has 0 amide bonds. The van der Waals surface area contributed by atoms with Crippen molar-refractivity contribution in [3.8, 4) is 0 Å². The number of carbonyl (C=O) groups excluding carboxylic acids is 1. The smallest absolute Gasteiger partial charge is 0.239 e. The number of hydrogen-bond donors (Lipinski definition) is 0. The van der Waals surface area contributed by atoms with Gasteiger partial charge in [-0.15, -0.1) is 0 Å². The van der Waals surface area contributed by atoms with Gasteiger partial charge in [0.1, 0.15) is 12.2 Å². The number of nitro groups is 1. The van der Waals surface area contributed by atoms with Gasteiger partial charge in [0.15, 0.2) is 5.78 Å². The van der Waals surface area contributed by atoms with Crippen LogP contribution in [0.1, 0.15) is 56.9 Å². The Labute approximate surface area is 142 Å². The fourth-order valence-corrected chi connectivity index (χ4v) is 4.26. The van der Waals surface area contributed by atoms with Crippen molar-refractivity contribution in [3.63, 3.8) is 0 Å². The molecule has 24 heavy (non-hydrogen) atoms. The van der Waals surface area contributed by atoms with E-state index in [4.69, 9.17) is 4.74 Å². The van der Waals surface area contributed by atoms with Crippen LogP contribution in [0.3, 0.4) is 0 Å². The van der Waals surface area contributed by atoms with Gasteiger partial charge in [-0.25, -0.2) is 0 Å². The molecule has 0 N–H and O–H groups in total. The third-order valence-corrected chi connectivity index (χ3v) is 5.49. The molecule has 3 aliphatic rings. The van der Waals surface area contributed by atoms with Gasteiger partial charge in [-0.1, -0.05) is 43.7 Å². The van der Waals surface area contributed by atoms with Crippen LogP contribution >= 0.6 is 0 Å². The van der Waals surface area contributed by atoms with E-state index in [1.54, 1.807) is 0 Å². The van der Waals surface area contributed by atoms with Gasteiger partial charge in [-0.2, -0.15) is 0 Å². The normalized spacial score (nSPS) is 30.0. The van der Waals surface area contributed by atoms with Crippen LogP contribution in [-0.2, 0) is 9.53 Å². The molecule has 0 aromatic heterocycles. The van der Waals surface area contributed by atoms with Crippen molar-refractivity contribution >= 4 is 5.78 Å². The molecule has 5 unspecified atom stereocenters. The molecule has 5 nitrogen and oxygen atoms in total. The van der Waals surface area contributed by atoms with E-state index in [0.717, 1.165) is 19.3 Å². The van der Waals surface area contributed by atoms with Crippen LogP contribution < -0.4 is 0 Å². The van der Waals surface area contributed by atoms with Crippen molar-refractivity contribution in [3.05, 3.63) is 46.0 Å². The number of benzene rings is 1. The average Bonchev–Trinajstić information content (AvgIpc) is 2.62. The molecule has 130 valence electrons. The quantitative estimate of drug-likeness (QED) is 0.564. The van der Waals surface area contributed by atoms with Crippen LogP contribution in [0.25, 0.3) is 0 Å². The molecule has 2 aliphatic heterocycles. The minimum Gasteiger partial charge on any atom is -0.360 e. The van der Waals surface area contributed by atoms with Gasteiger partial charge in [0, 0.05) is 17.8 Å². The first-order chi connectivity index (χ1) is 11.6. The Morgan fingerprint density at radius 1 is 1.33 bits per heavy atom. The van der Waals surface area contributed by atoms with E-state index in [1.165, 1.54) is 5.56 Å². The SMILES string of the molecule is CCCC(CC(=O)C1OC2CCC1CC2[N+](=O)[O-])c1ccccc1. The van der Waals surface area contributed by atoms with E-state index in [2.05, 4.69) is 19.1 Å². The number of hydrogen-bond acceptors (Lipinski definition) is 4. The second-order valence-corrected chi connectivity index (χ2v) is 7.09. The topological polar surface area (TPSA) is 69.4 Å². The van der Waals surface area contributed by atoms with Gasteiger partial charge < -0.3 is 4.74 Å². The summed E-state index contributed by atoms with van der Waals surface area (Å²) in [5.74, 6) is 0.337. The number of nitrogens with zero attached hydrogens (tertiary/aromatic N) is 1. The lowest BCUT2D eigenvalue weighted by molar-refractivity contribution is -0.548. The maximum absolute atomic E-state index is 12.8. The lowest BCUT2D eigenvalue weighted by atomic mass is 9.74. The molecule has 5 heteroatoms. The zero-order valence-electron chi connectivity index (χ0n) is 14.1. The minimum atomic E-state index is -0.631. The molecular formula is C19H25NO4. The predicted molar refractivity (Wildman–Crippen MR) is 90.5 cm³/mol. The zero-order chi connectivity index (χ0) is 17.1. The highest BCUT2D eigenvalue weighted by Crippen LogP contribution is 2.40. The summed E-state index contributed by atoms with van der Waals surface area (Å²) < 4.78 is 5.84. The van der Waals surface area contributed by atoms with E-state index in [0.29, 0.717) is 19.3 Å². The fourth-order valence-electron chi connectivity index (χ4n) is 4.26. The van der Waals surface area contributed by atoms with Gasteiger partial charge in [0.05, 0.1) is 0 Å². The van der Waals surface area contributed by atoms with Crippen molar-refractivity contribution in [2.24, 2.45) is 5.92 Å². The van der Waals surface area contributed by atoms with Crippen LogP contribution in [0.2, 0.25) is 0 Å². The molecule has 3 fully saturated rings. The van der Waals surface area contributed by atoms with Crippen molar-refractivity contribution in [1.82, 2.24) is 0 Å². The van der Waals surface area contributed by atoms with Crippen LogP contribution in [0, 0.1) is 16.0 Å². The van der Waals surface area contributed by atoms with Crippen molar-refractivity contribution < 1.29 is 14.5 Å². The maximum atomic E-state index is 12.8. The summed E-state index contributed by atoms with van der Waals surface area (Å²) in [6, 6.07) is 9.50. The summed E-state index contributed by atoms with van der Waals surface area (Å²) in [5.41, 5.74) is 1.19. The van der Waals surface area contributed by atoms with Gasteiger partial charge in [0.2, 0.25) is 6.04 Å². The summed E-state index contributed by atoms with van der Waals surface area (Å²) in [6.07, 6.45) is 3.68. The number of carbonyl (C=O) groups is 1. The summed E-state index contributed by atoms with van der Waals surface area (Å²) in [7, 11) is 0. The van der Waals surface area contributed by atoms with Crippen LogP contribution in [0.4, 0.5) is 0 Å². The highest BCUT2D eigenvalue weighted by molar-refractivity contribution is 5.84. The van der Waals surface area contributed by atoms with Gasteiger partial charge in [-0.05, 0) is 36.7 Å². The first-order valence-electron chi connectivity index (χ1n) is 8.96. The summed E-state index contributed by atoms with van der Waals surface area (Å²) in [4.78, 5) is 23.7. The lowest BCUT2D eigenvalue weighted by Crippen LogP contribution is -2.54. The molecule has 1 aromatic carbocycles. The van der Waals surface area contributed by atoms with E-state index < -0.39 is 12.1 Å². The number of ether oxygens (including phenoxy) is 1. The third-order valence-electron chi connectivity index (χ3n) is 5.49. The number of rotatable bonds is 7. The summed E-state index contributed by atoms with van der Waals surface area (Å²) in [5, 5.41) is 11.1. The van der Waals surface area contributed by atoms with Crippen LogP contribution in [0.15, 0.2) is 30.3 Å². The lowest BCUT2D eigenvalue weighted by Gasteiger charge is -2.43. The predicted octanol–water partition coefficient (Wildman–Crippen LogP) is 3.74. The highest BCUT2D eigenvalue weighted by atomic mass is 16.6. The number of ketones is 1. The molecular weight excluding hydrogens is 306 g/mol. The molecule has 1 aromatic rings. The molecule has 1 saturated carbocycles. The van der Waals surface area contributed by atoms with Gasteiger partial charge in [0.25, 0.3) is 0 Å². The van der Waals surface area contributed by atoms with Gasteiger partial charge >= 0.3 is 0 Å². The Morgan fingerprint density at radius 3 is 2.67 bits per heavy atom. The maximum Gasteiger partial charge on any atom is 0.239 e. The van der Waals surface area contributed by atoms with Crippen molar-refractivity contribution in [2.45, 2.75) is 69.6 Å². The van der Waals surface area contributed by atoms with E-state index >= 15 is 0 Å². The highest BCUT2D eigenvalue weighted by Gasteiger charge is 2.50. The van der Waals surface area contributed by atoms with Gasteiger partial charge in [-0.3, -0.25) is 14.9 Å². The van der Waals surface area contributed by atoms with Crippen molar-refractivity contribution in [1.29, 1.82) is 0 Å². The molecule has 2 heterocycles. The number of fused-ring (bicyclic) bond motifs is 3. The van der Waals surface area contributed by atoms with E-state index in [-0.39, 0.29) is 28.6 Å². The summed E-state index contributed by atoms with van der Waals surface area (Å²) >= 11 is 0. The second-order valence-electron chi connectivity index (χ2n) is 7.09. The Bertz CT molecular complexity index is 588. The first-order valence-corrected chi connectivity index (χ1v) is 8.96. The van der Waals surface area contributed by atoms with E-state index in [9.17, 15) is 14.9 Å². The molecule has 2 bridgehead atoms. The molecule has 0 spiro atoms. The summed E-state index contributed by atoms with van der Waals surface area (Å²) in [6.45, 7) is 2.13. The molecule has 1 aliphatic carbocycles. The minimum absolute atomic E-state index is 0.0101. The van der Waals surface area contributed by atoms with Crippen LogP contribution in [0.5, 0.6) is 0 Å². The van der Waals surface area contributed by atoms with Crippen molar-refractivity contribution in [2.75, 3.05) is 0 Å². The third kappa shape index (κ3) is 3.51. The molecule has 4 rings (SSSR count). The standard InChI is InChI=1S/C19H25NO4/c1-2-6-14(13-7-4-3-5-8-13)12-17(21)19-15-9-10-18(24-19)16(11-15)20(22)23/h3-5,7-8,14-16,18-19H,2,6,9-12H2,1H3. The number of Topliss-reactive ketones (excluding diaryl/α,β-unsaturated/α-hetero) is 1. The Kier molecular flexibility index (Phi) is 5.29. The first kappa shape index (κ1) is 17.1. The zero-order valence-corrected chi connectivity index (χ0v) is 14.1. The monoisotopic (exact) mass is 331 g/mol. The average molecular weight is 331 g/mol. The Hall–Kier alpha value is -1.75.